The molecule has 3 nitrogen and oxygen atoms in total. The highest BCUT2D eigenvalue weighted by Gasteiger charge is 2.27. The minimum Gasteiger partial charge on any atom is -0.380 e. The van der Waals surface area contributed by atoms with E-state index in [9.17, 15) is 0 Å². The molecule has 2 atom stereocenters. The first kappa shape index (κ1) is 14.5. The van der Waals surface area contributed by atoms with Crippen LogP contribution in [0.4, 0.5) is 0 Å². The molecule has 19 heavy (non-hydrogen) atoms. The molecule has 0 saturated heterocycles. The summed E-state index contributed by atoms with van der Waals surface area (Å²) in [4.78, 5) is 0. The third-order valence-electron chi connectivity index (χ3n) is 4.04. The highest BCUT2D eigenvalue weighted by molar-refractivity contribution is 5.25. The van der Waals surface area contributed by atoms with Crippen LogP contribution in [-0.4, -0.2) is 20.2 Å². The van der Waals surface area contributed by atoms with Crippen molar-refractivity contribution in [3.63, 3.8) is 0 Å². The average molecular weight is 262 g/mol. The van der Waals surface area contributed by atoms with Crippen LogP contribution in [0.2, 0.25) is 0 Å². The normalized spacial score (nSPS) is 18.3. The first-order valence-corrected chi connectivity index (χ1v) is 7.25. The summed E-state index contributed by atoms with van der Waals surface area (Å²) in [5.41, 5.74) is 8.36. The van der Waals surface area contributed by atoms with Gasteiger partial charge in [-0.1, -0.05) is 31.2 Å². The van der Waals surface area contributed by atoms with Gasteiger partial charge in [0.25, 0.3) is 0 Å². The smallest absolute Gasteiger partial charge is 0.0713 e. The molecule has 0 heterocycles. The van der Waals surface area contributed by atoms with Crippen LogP contribution in [0.15, 0.2) is 24.3 Å². The quantitative estimate of drug-likeness (QED) is 0.756. The molecule has 1 fully saturated rings. The molecule has 0 aliphatic heterocycles. The van der Waals surface area contributed by atoms with Crippen LogP contribution < -0.4 is 11.1 Å². The van der Waals surface area contributed by atoms with E-state index in [1.807, 2.05) is 0 Å². The van der Waals surface area contributed by atoms with Crippen molar-refractivity contribution in [2.24, 2.45) is 17.6 Å². The summed E-state index contributed by atoms with van der Waals surface area (Å²) >= 11 is 0. The Kier molecular flexibility index (Phi) is 5.37. The standard InChI is InChI=1S/C16H26N2O/c1-12(14-7-8-14)10-18-16(9-17)15-5-3-13(4-6-15)11-19-2/h3-6,12,14,16,18H,7-11,17H2,1-2H3. The van der Waals surface area contributed by atoms with E-state index in [0.717, 1.165) is 18.4 Å². The van der Waals surface area contributed by atoms with Crippen molar-refractivity contribution in [3.8, 4) is 0 Å². The molecule has 1 saturated carbocycles. The van der Waals surface area contributed by atoms with E-state index in [0.29, 0.717) is 13.2 Å². The van der Waals surface area contributed by atoms with Gasteiger partial charge in [-0.2, -0.15) is 0 Å². The highest BCUT2D eigenvalue weighted by Crippen LogP contribution is 2.36. The van der Waals surface area contributed by atoms with E-state index in [1.54, 1.807) is 7.11 Å². The Bertz CT molecular complexity index is 373. The van der Waals surface area contributed by atoms with Crippen LogP contribution in [-0.2, 0) is 11.3 Å². The van der Waals surface area contributed by atoms with Gasteiger partial charge in [-0.25, -0.2) is 0 Å². The number of hydrogen-bond donors (Lipinski definition) is 2. The topological polar surface area (TPSA) is 47.3 Å². The maximum absolute atomic E-state index is 5.89. The molecule has 1 aromatic carbocycles. The number of nitrogens with one attached hydrogen (secondary N) is 1. The van der Waals surface area contributed by atoms with Gasteiger partial charge in [0.05, 0.1) is 6.61 Å². The first-order valence-electron chi connectivity index (χ1n) is 7.25. The lowest BCUT2D eigenvalue weighted by molar-refractivity contribution is 0.185. The molecular weight excluding hydrogens is 236 g/mol. The lowest BCUT2D eigenvalue weighted by Crippen LogP contribution is -2.32. The number of rotatable bonds is 8. The SMILES string of the molecule is COCc1ccc(C(CN)NCC(C)C2CC2)cc1. The average Bonchev–Trinajstić information content (AvgIpc) is 3.26. The highest BCUT2D eigenvalue weighted by atomic mass is 16.5. The Morgan fingerprint density at radius 1 is 1.32 bits per heavy atom. The van der Waals surface area contributed by atoms with E-state index in [1.165, 1.54) is 24.0 Å². The molecule has 1 aliphatic rings. The summed E-state index contributed by atoms with van der Waals surface area (Å²) in [6, 6.07) is 8.81. The fourth-order valence-corrected chi connectivity index (χ4v) is 2.51. The maximum Gasteiger partial charge on any atom is 0.0713 e. The molecule has 106 valence electrons. The van der Waals surface area contributed by atoms with Gasteiger partial charge in [-0.05, 0) is 42.3 Å². The Morgan fingerprint density at radius 3 is 2.53 bits per heavy atom. The molecule has 0 bridgehead atoms. The van der Waals surface area contributed by atoms with Gasteiger partial charge < -0.3 is 15.8 Å². The fourth-order valence-electron chi connectivity index (χ4n) is 2.51. The molecule has 0 radical (unpaired) electrons. The van der Waals surface area contributed by atoms with Crippen molar-refractivity contribution in [2.45, 2.75) is 32.4 Å². The molecule has 3 N–H and O–H groups in total. The van der Waals surface area contributed by atoms with Gasteiger partial charge in [0.15, 0.2) is 0 Å². The van der Waals surface area contributed by atoms with E-state index < -0.39 is 0 Å². The molecular formula is C16H26N2O. The van der Waals surface area contributed by atoms with Gasteiger partial charge in [0, 0.05) is 19.7 Å². The van der Waals surface area contributed by atoms with Crippen molar-refractivity contribution in [3.05, 3.63) is 35.4 Å². The van der Waals surface area contributed by atoms with Crippen LogP contribution in [0.3, 0.4) is 0 Å². The molecule has 2 unspecified atom stereocenters. The number of methoxy groups -OCH3 is 1. The second kappa shape index (κ2) is 7.04. The summed E-state index contributed by atoms with van der Waals surface area (Å²) in [6.45, 7) is 4.70. The lowest BCUT2D eigenvalue weighted by atomic mass is 10.0. The number of benzene rings is 1. The number of ether oxygens (including phenoxy) is 1. The number of hydrogen-bond acceptors (Lipinski definition) is 3. The van der Waals surface area contributed by atoms with E-state index >= 15 is 0 Å². The maximum atomic E-state index is 5.89. The van der Waals surface area contributed by atoms with Crippen molar-refractivity contribution < 1.29 is 4.74 Å². The van der Waals surface area contributed by atoms with E-state index in [-0.39, 0.29) is 6.04 Å². The minimum atomic E-state index is 0.262. The number of nitrogens with two attached hydrogens (primary N) is 1. The third-order valence-corrected chi connectivity index (χ3v) is 4.04. The van der Waals surface area contributed by atoms with Gasteiger partial charge in [-0.3, -0.25) is 0 Å². The van der Waals surface area contributed by atoms with Crippen LogP contribution in [0.25, 0.3) is 0 Å². The third kappa shape index (κ3) is 4.30. The van der Waals surface area contributed by atoms with Gasteiger partial charge >= 0.3 is 0 Å². The Morgan fingerprint density at radius 2 is 2.00 bits per heavy atom. The Balaban J connectivity index is 1.88. The monoisotopic (exact) mass is 262 g/mol. The Labute approximate surface area is 116 Å². The zero-order valence-electron chi connectivity index (χ0n) is 12.1. The zero-order chi connectivity index (χ0) is 13.7. The van der Waals surface area contributed by atoms with Crippen LogP contribution in [0.1, 0.15) is 36.9 Å². The van der Waals surface area contributed by atoms with Gasteiger partial charge in [-0.15, -0.1) is 0 Å². The predicted molar refractivity (Wildman–Crippen MR) is 78.8 cm³/mol. The summed E-state index contributed by atoms with van der Waals surface area (Å²) in [5, 5.41) is 3.60. The second-order valence-electron chi connectivity index (χ2n) is 5.69. The first-order chi connectivity index (χ1) is 9.24. The van der Waals surface area contributed by atoms with Crippen LogP contribution in [0.5, 0.6) is 0 Å². The summed E-state index contributed by atoms with van der Waals surface area (Å²) in [7, 11) is 1.72. The van der Waals surface area contributed by atoms with E-state index in [4.69, 9.17) is 10.5 Å². The Hall–Kier alpha value is -0.900. The fraction of sp³-hybridized carbons (Fsp3) is 0.625. The minimum absolute atomic E-state index is 0.262. The molecule has 2 rings (SSSR count). The molecule has 1 aromatic rings. The zero-order valence-corrected chi connectivity index (χ0v) is 12.1. The van der Waals surface area contributed by atoms with E-state index in [2.05, 4.69) is 36.5 Å². The summed E-state index contributed by atoms with van der Waals surface area (Å²) < 4.78 is 5.13. The summed E-state index contributed by atoms with van der Waals surface area (Å²) in [6.07, 6.45) is 2.81. The molecule has 1 aliphatic carbocycles. The lowest BCUT2D eigenvalue weighted by Gasteiger charge is -2.20. The predicted octanol–water partition coefficient (Wildman–Crippen LogP) is 2.47. The van der Waals surface area contributed by atoms with Gasteiger partial charge in [0.2, 0.25) is 0 Å². The van der Waals surface area contributed by atoms with Crippen molar-refractivity contribution >= 4 is 0 Å². The molecule has 0 spiro atoms. The van der Waals surface area contributed by atoms with Gasteiger partial charge in [0.1, 0.15) is 0 Å². The van der Waals surface area contributed by atoms with Crippen molar-refractivity contribution in [1.29, 1.82) is 0 Å². The molecule has 3 heteroatoms. The molecule has 0 aromatic heterocycles. The van der Waals surface area contributed by atoms with Crippen LogP contribution >= 0.6 is 0 Å². The van der Waals surface area contributed by atoms with Crippen molar-refractivity contribution in [2.75, 3.05) is 20.2 Å². The summed E-state index contributed by atoms with van der Waals surface area (Å²) in [5.74, 6) is 1.71. The largest absolute Gasteiger partial charge is 0.380 e. The molecule has 0 amide bonds. The van der Waals surface area contributed by atoms with Crippen LogP contribution in [0, 0.1) is 11.8 Å². The second-order valence-corrected chi connectivity index (χ2v) is 5.69. The van der Waals surface area contributed by atoms with Crippen molar-refractivity contribution in [1.82, 2.24) is 5.32 Å².